The van der Waals surface area contributed by atoms with Gasteiger partial charge in [0.2, 0.25) is 0 Å². The van der Waals surface area contributed by atoms with Crippen LogP contribution in [0.5, 0.6) is 5.75 Å². The van der Waals surface area contributed by atoms with Crippen molar-refractivity contribution in [2.24, 2.45) is 0 Å². The first-order chi connectivity index (χ1) is 12.9. The van der Waals surface area contributed by atoms with E-state index < -0.39 is 0 Å². The van der Waals surface area contributed by atoms with Crippen molar-refractivity contribution in [3.05, 3.63) is 59.2 Å². The van der Waals surface area contributed by atoms with Crippen molar-refractivity contribution in [1.29, 1.82) is 0 Å². The highest BCUT2D eigenvalue weighted by Gasteiger charge is 2.11. The Labute approximate surface area is 166 Å². The third-order valence-corrected chi connectivity index (χ3v) is 4.17. The van der Waals surface area contributed by atoms with E-state index >= 15 is 0 Å². The Morgan fingerprint density at radius 1 is 1.15 bits per heavy atom. The molecular formula is C21H26N2O3S. The third kappa shape index (κ3) is 6.25. The number of esters is 1. The lowest BCUT2D eigenvalue weighted by atomic mass is 10.1. The summed E-state index contributed by atoms with van der Waals surface area (Å²) in [4.78, 5) is 11.8. The van der Waals surface area contributed by atoms with Crippen molar-refractivity contribution in [3.63, 3.8) is 0 Å². The van der Waals surface area contributed by atoms with Crippen molar-refractivity contribution < 1.29 is 14.3 Å². The van der Waals surface area contributed by atoms with Gasteiger partial charge in [0.1, 0.15) is 12.4 Å². The molecule has 0 saturated heterocycles. The number of carbonyl (C=O) groups excluding carboxylic acids is 1. The van der Waals surface area contributed by atoms with Crippen molar-refractivity contribution in [3.8, 4) is 5.75 Å². The zero-order valence-electron chi connectivity index (χ0n) is 16.2. The Balaban J connectivity index is 1.87. The Morgan fingerprint density at radius 2 is 1.89 bits per heavy atom. The van der Waals surface area contributed by atoms with Crippen LogP contribution < -0.4 is 15.4 Å². The third-order valence-electron chi connectivity index (χ3n) is 3.95. The monoisotopic (exact) mass is 386 g/mol. The van der Waals surface area contributed by atoms with Crippen LogP contribution in [-0.2, 0) is 4.74 Å². The van der Waals surface area contributed by atoms with E-state index in [1.54, 1.807) is 19.1 Å². The van der Waals surface area contributed by atoms with E-state index in [2.05, 4.69) is 10.6 Å². The maximum Gasteiger partial charge on any atom is 0.338 e. The summed E-state index contributed by atoms with van der Waals surface area (Å²) >= 11 is 5.39. The molecular weight excluding hydrogens is 360 g/mol. The number of thiocarbonyl (C=S) groups is 1. The molecule has 1 atom stereocenters. The predicted molar refractivity (Wildman–Crippen MR) is 113 cm³/mol. The van der Waals surface area contributed by atoms with Crippen LogP contribution in [0.1, 0.15) is 35.3 Å². The molecule has 6 heteroatoms. The first-order valence-corrected chi connectivity index (χ1v) is 9.35. The fraction of sp³-hybridized carbons (Fsp3) is 0.333. The molecule has 27 heavy (non-hydrogen) atoms. The first kappa shape index (κ1) is 20.7. The lowest BCUT2D eigenvalue weighted by molar-refractivity contribution is 0.0526. The minimum atomic E-state index is -0.324. The molecule has 0 aliphatic rings. The van der Waals surface area contributed by atoms with Crippen molar-refractivity contribution in [1.82, 2.24) is 5.32 Å². The van der Waals surface area contributed by atoms with E-state index in [1.165, 1.54) is 0 Å². The fourth-order valence-corrected chi connectivity index (χ4v) is 2.81. The molecule has 0 aromatic heterocycles. The van der Waals surface area contributed by atoms with Gasteiger partial charge in [0.15, 0.2) is 5.11 Å². The second-order valence-electron chi connectivity index (χ2n) is 6.33. The van der Waals surface area contributed by atoms with Gasteiger partial charge in [-0.15, -0.1) is 0 Å². The fourth-order valence-electron chi connectivity index (χ4n) is 2.50. The topological polar surface area (TPSA) is 59.6 Å². The largest absolute Gasteiger partial charge is 0.491 e. The normalized spacial score (nSPS) is 11.4. The molecule has 0 amide bonds. The van der Waals surface area contributed by atoms with Gasteiger partial charge < -0.3 is 20.1 Å². The first-order valence-electron chi connectivity index (χ1n) is 8.94. The van der Waals surface area contributed by atoms with E-state index in [0.29, 0.717) is 23.9 Å². The molecule has 0 spiro atoms. The van der Waals surface area contributed by atoms with Crippen LogP contribution in [0, 0.1) is 13.8 Å². The summed E-state index contributed by atoms with van der Waals surface area (Å²) in [6.07, 6.45) is 0. The smallest absolute Gasteiger partial charge is 0.338 e. The SMILES string of the molecule is CCOC(=O)c1ccc(NC(=S)NC(C)COc2ccccc2C)c(C)c1. The molecule has 0 saturated carbocycles. The Morgan fingerprint density at radius 3 is 2.56 bits per heavy atom. The molecule has 2 aromatic carbocycles. The lowest BCUT2D eigenvalue weighted by Gasteiger charge is -2.19. The lowest BCUT2D eigenvalue weighted by Crippen LogP contribution is -2.39. The summed E-state index contributed by atoms with van der Waals surface area (Å²) in [7, 11) is 0. The zero-order valence-corrected chi connectivity index (χ0v) is 17.0. The predicted octanol–water partition coefficient (Wildman–Crippen LogP) is 4.23. The average molecular weight is 387 g/mol. The summed E-state index contributed by atoms with van der Waals surface area (Å²) in [5, 5.41) is 6.87. The number of anilines is 1. The average Bonchev–Trinajstić information content (AvgIpc) is 2.63. The molecule has 0 bridgehead atoms. The standard InChI is InChI=1S/C21H26N2O3S/c1-5-25-20(24)17-10-11-18(15(3)12-17)23-21(27)22-16(4)13-26-19-9-7-6-8-14(19)2/h6-12,16H,5,13H2,1-4H3,(H2,22,23,27). The Bertz CT molecular complexity index is 808. The number of carbonyl (C=O) groups is 1. The molecule has 144 valence electrons. The minimum absolute atomic E-state index is 0.0312. The van der Waals surface area contributed by atoms with E-state index in [1.807, 2.05) is 51.1 Å². The molecule has 5 nitrogen and oxygen atoms in total. The maximum atomic E-state index is 11.8. The second kappa shape index (κ2) is 9.92. The number of hydrogen-bond acceptors (Lipinski definition) is 4. The number of rotatable bonds is 7. The quantitative estimate of drug-likeness (QED) is 0.548. The molecule has 0 fully saturated rings. The van der Waals surface area contributed by atoms with Gasteiger partial charge in [0.05, 0.1) is 18.2 Å². The van der Waals surface area contributed by atoms with E-state index in [4.69, 9.17) is 21.7 Å². The Hall–Kier alpha value is -2.60. The van der Waals surface area contributed by atoms with Gasteiger partial charge in [0, 0.05) is 5.69 Å². The van der Waals surface area contributed by atoms with Crippen LogP contribution in [-0.4, -0.2) is 30.3 Å². The number of ether oxygens (including phenoxy) is 2. The second-order valence-corrected chi connectivity index (χ2v) is 6.73. The van der Waals surface area contributed by atoms with Gasteiger partial charge in [0.25, 0.3) is 0 Å². The highest BCUT2D eigenvalue weighted by atomic mass is 32.1. The maximum absolute atomic E-state index is 11.8. The molecule has 0 radical (unpaired) electrons. The van der Waals surface area contributed by atoms with Gasteiger partial charge in [-0.05, 0) is 75.3 Å². The highest BCUT2D eigenvalue weighted by molar-refractivity contribution is 7.80. The molecule has 0 aliphatic carbocycles. The summed E-state index contributed by atoms with van der Waals surface area (Å²) in [6.45, 7) is 8.57. The molecule has 1 unspecified atom stereocenters. The van der Waals surface area contributed by atoms with Crippen LogP contribution in [0.15, 0.2) is 42.5 Å². The summed E-state index contributed by atoms with van der Waals surface area (Å²) < 4.78 is 10.9. The Kier molecular flexibility index (Phi) is 7.61. The molecule has 2 N–H and O–H groups in total. The molecule has 2 rings (SSSR count). The summed E-state index contributed by atoms with van der Waals surface area (Å²) in [5.74, 6) is 0.547. The van der Waals surface area contributed by atoms with E-state index in [9.17, 15) is 4.79 Å². The zero-order chi connectivity index (χ0) is 19.8. The summed E-state index contributed by atoms with van der Waals surface area (Å²) in [5.41, 5.74) is 3.38. The van der Waals surface area contributed by atoms with Crippen molar-refractivity contribution >= 4 is 29.0 Å². The minimum Gasteiger partial charge on any atom is -0.491 e. The number of aryl methyl sites for hydroxylation is 2. The van der Waals surface area contributed by atoms with Gasteiger partial charge in [-0.3, -0.25) is 0 Å². The van der Waals surface area contributed by atoms with Gasteiger partial charge >= 0.3 is 5.97 Å². The number of nitrogens with one attached hydrogen (secondary N) is 2. The van der Waals surface area contributed by atoms with Crippen LogP contribution in [0.25, 0.3) is 0 Å². The van der Waals surface area contributed by atoms with Crippen LogP contribution >= 0.6 is 12.2 Å². The van der Waals surface area contributed by atoms with E-state index in [-0.39, 0.29) is 12.0 Å². The van der Waals surface area contributed by atoms with Gasteiger partial charge in [-0.25, -0.2) is 4.79 Å². The van der Waals surface area contributed by atoms with Crippen molar-refractivity contribution in [2.75, 3.05) is 18.5 Å². The van der Waals surface area contributed by atoms with Crippen LogP contribution in [0.2, 0.25) is 0 Å². The van der Waals surface area contributed by atoms with Crippen LogP contribution in [0.3, 0.4) is 0 Å². The number of hydrogen-bond donors (Lipinski definition) is 2. The number of para-hydroxylation sites is 1. The molecule has 0 aliphatic heterocycles. The van der Waals surface area contributed by atoms with Gasteiger partial charge in [-0.1, -0.05) is 18.2 Å². The highest BCUT2D eigenvalue weighted by Crippen LogP contribution is 2.18. The summed E-state index contributed by atoms with van der Waals surface area (Å²) in [6, 6.07) is 13.3. The van der Waals surface area contributed by atoms with Gasteiger partial charge in [-0.2, -0.15) is 0 Å². The number of benzene rings is 2. The van der Waals surface area contributed by atoms with Crippen molar-refractivity contribution in [2.45, 2.75) is 33.7 Å². The van der Waals surface area contributed by atoms with E-state index in [0.717, 1.165) is 22.6 Å². The molecule has 2 aromatic rings. The molecule has 0 heterocycles. The van der Waals surface area contributed by atoms with Crippen LogP contribution in [0.4, 0.5) is 5.69 Å².